The van der Waals surface area contributed by atoms with Gasteiger partial charge in [0, 0.05) is 12.6 Å². The van der Waals surface area contributed by atoms with Gasteiger partial charge in [-0.05, 0) is 30.5 Å². The Morgan fingerprint density at radius 3 is 2.17 bits per heavy atom. The average Bonchev–Trinajstić information content (AvgIpc) is 2.79. The van der Waals surface area contributed by atoms with E-state index in [4.69, 9.17) is 0 Å². The first-order chi connectivity index (χ1) is 8.54. The zero-order valence-corrected chi connectivity index (χ0v) is 10.4. The molecule has 1 saturated carbocycles. The second-order valence-electron chi connectivity index (χ2n) is 4.85. The van der Waals surface area contributed by atoms with Crippen LogP contribution in [0.25, 0.3) is 0 Å². The molecule has 1 aliphatic carbocycles. The summed E-state index contributed by atoms with van der Waals surface area (Å²) < 4.78 is 0. The Morgan fingerprint density at radius 1 is 1.17 bits per heavy atom. The van der Waals surface area contributed by atoms with Crippen LogP contribution in [0.15, 0.2) is 24.3 Å². The Morgan fingerprint density at radius 2 is 1.72 bits per heavy atom. The molecule has 0 aromatic heterocycles. The van der Waals surface area contributed by atoms with Crippen molar-refractivity contribution >= 4 is 17.6 Å². The quantitative estimate of drug-likeness (QED) is 0.862. The van der Waals surface area contributed by atoms with E-state index in [1.165, 1.54) is 6.92 Å². The number of anilines is 1. The SMILES string of the molecule is CC(=O)Nc1ccc(C2(C(=O)O)CCCC2)cc1. The molecule has 0 atom stereocenters. The van der Waals surface area contributed by atoms with Crippen molar-refractivity contribution in [3.05, 3.63) is 29.8 Å². The van der Waals surface area contributed by atoms with Crippen LogP contribution in [0.1, 0.15) is 38.2 Å². The van der Waals surface area contributed by atoms with E-state index < -0.39 is 11.4 Å². The van der Waals surface area contributed by atoms with Crippen LogP contribution < -0.4 is 5.32 Å². The first-order valence-electron chi connectivity index (χ1n) is 6.16. The Balaban J connectivity index is 2.27. The lowest BCUT2D eigenvalue weighted by atomic mass is 9.79. The van der Waals surface area contributed by atoms with Crippen molar-refractivity contribution in [2.45, 2.75) is 38.0 Å². The molecule has 0 unspecified atom stereocenters. The minimum absolute atomic E-state index is 0.128. The molecular weight excluding hydrogens is 230 g/mol. The van der Waals surface area contributed by atoms with Crippen LogP contribution in [-0.2, 0) is 15.0 Å². The van der Waals surface area contributed by atoms with E-state index in [-0.39, 0.29) is 5.91 Å². The lowest BCUT2D eigenvalue weighted by molar-refractivity contribution is -0.143. The van der Waals surface area contributed by atoms with Gasteiger partial charge in [-0.2, -0.15) is 0 Å². The van der Waals surface area contributed by atoms with Gasteiger partial charge in [-0.15, -0.1) is 0 Å². The zero-order chi connectivity index (χ0) is 13.2. The molecule has 2 N–H and O–H groups in total. The molecule has 4 heteroatoms. The third kappa shape index (κ3) is 2.23. The highest BCUT2D eigenvalue weighted by molar-refractivity contribution is 5.89. The summed E-state index contributed by atoms with van der Waals surface area (Å²) in [4.78, 5) is 22.4. The van der Waals surface area contributed by atoms with Crippen LogP contribution in [0.5, 0.6) is 0 Å². The summed E-state index contributed by atoms with van der Waals surface area (Å²) in [5.74, 6) is -0.871. The zero-order valence-electron chi connectivity index (χ0n) is 10.4. The van der Waals surface area contributed by atoms with Crippen LogP contribution in [-0.4, -0.2) is 17.0 Å². The van der Waals surface area contributed by atoms with Crippen molar-refractivity contribution in [1.29, 1.82) is 0 Å². The van der Waals surface area contributed by atoms with E-state index in [1.807, 2.05) is 12.1 Å². The summed E-state index contributed by atoms with van der Waals surface area (Å²) in [6.45, 7) is 1.45. The van der Waals surface area contributed by atoms with E-state index in [2.05, 4.69) is 5.32 Å². The molecule has 0 bridgehead atoms. The summed E-state index contributed by atoms with van der Waals surface area (Å²) in [5.41, 5.74) is 0.806. The highest BCUT2D eigenvalue weighted by Gasteiger charge is 2.42. The molecule has 18 heavy (non-hydrogen) atoms. The Kier molecular flexibility index (Phi) is 3.36. The van der Waals surface area contributed by atoms with Crippen LogP contribution in [0.2, 0.25) is 0 Å². The van der Waals surface area contributed by atoms with Gasteiger partial charge < -0.3 is 10.4 Å². The number of carbonyl (C=O) groups is 2. The van der Waals surface area contributed by atoms with Gasteiger partial charge in [-0.3, -0.25) is 9.59 Å². The van der Waals surface area contributed by atoms with Gasteiger partial charge in [-0.1, -0.05) is 25.0 Å². The molecule has 0 aliphatic heterocycles. The normalized spacial score (nSPS) is 17.4. The Hall–Kier alpha value is -1.84. The van der Waals surface area contributed by atoms with Gasteiger partial charge in [-0.25, -0.2) is 0 Å². The van der Waals surface area contributed by atoms with Gasteiger partial charge in [0.05, 0.1) is 5.41 Å². The summed E-state index contributed by atoms with van der Waals surface area (Å²) in [6.07, 6.45) is 3.31. The predicted octanol–water partition coefficient (Wildman–Crippen LogP) is 2.54. The van der Waals surface area contributed by atoms with Gasteiger partial charge in [0.2, 0.25) is 5.91 Å². The van der Waals surface area contributed by atoms with E-state index >= 15 is 0 Å². The predicted molar refractivity (Wildman–Crippen MR) is 68.5 cm³/mol. The number of aliphatic carboxylic acids is 1. The van der Waals surface area contributed by atoms with Crippen molar-refractivity contribution < 1.29 is 14.7 Å². The summed E-state index contributed by atoms with van der Waals surface area (Å²) >= 11 is 0. The van der Waals surface area contributed by atoms with Crippen LogP contribution >= 0.6 is 0 Å². The van der Waals surface area contributed by atoms with Crippen molar-refractivity contribution in [3.63, 3.8) is 0 Å². The number of hydrogen-bond donors (Lipinski definition) is 2. The first-order valence-corrected chi connectivity index (χ1v) is 6.16. The van der Waals surface area contributed by atoms with Gasteiger partial charge in [0.25, 0.3) is 0 Å². The number of carboxylic acids is 1. The fourth-order valence-electron chi connectivity index (χ4n) is 2.68. The van der Waals surface area contributed by atoms with Crippen molar-refractivity contribution in [2.75, 3.05) is 5.32 Å². The minimum atomic E-state index is -0.743. The molecule has 2 rings (SSSR count). The smallest absolute Gasteiger partial charge is 0.314 e. The molecule has 1 aromatic carbocycles. The van der Waals surface area contributed by atoms with Gasteiger partial charge >= 0.3 is 5.97 Å². The molecule has 0 spiro atoms. The number of hydrogen-bond acceptors (Lipinski definition) is 2. The minimum Gasteiger partial charge on any atom is -0.481 e. The average molecular weight is 247 g/mol. The van der Waals surface area contributed by atoms with Crippen LogP contribution in [0.4, 0.5) is 5.69 Å². The Bertz CT molecular complexity index is 458. The van der Waals surface area contributed by atoms with Gasteiger partial charge in [0.1, 0.15) is 0 Å². The lowest BCUT2D eigenvalue weighted by Crippen LogP contribution is -2.32. The largest absolute Gasteiger partial charge is 0.481 e. The maximum absolute atomic E-state index is 11.5. The fraction of sp³-hybridized carbons (Fsp3) is 0.429. The molecule has 1 aliphatic rings. The summed E-state index contributed by atoms with van der Waals surface area (Å²) in [7, 11) is 0. The van der Waals surface area contributed by atoms with Crippen molar-refractivity contribution in [3.8, 4) is 0 Å². The van der Waals surface area contributed by atoms with E-state index in [0.29, 0.717) is 18.5 Å². The second-order valence-corrected chi connectivity index (χ2v) is 4.85. The molecule has 0 heterocycles. The molecule has 4 nitrogen and oxygen atoms in total. The molecule has 1 aromatic rings. The summed E-state index contributed by atoms with van der Waals surface area (Å²) in [5, 5.41) is 12.1. The molecule has 0 saturated heterocycles. The molecule has 1 fully saturated rings. The standard InChI is InChI=1S/C14H17NO3/c1-10(16)15-12-6-4-11(5-7-12)14(13(17)18)8-2-3-9-14/h4-7H,2-3,8-9H2,1H3,(H,15,16)(H,17,18). The van der Waals surface area contributed by atoms with Crippen LogP contribution in [0.3, 0.4) is 0 Å². The van der Waals surface area contributed by atoms with E-state index in [9.17, 15) is 14.7 Å². The monoisotopic (exact) mass is 247 g/mol. The van der Waals surface area contributed by atoms with E-state index in [1.54, 1.807) is 12.1 Å². The maximum atomic E-state index is 11.5. The second kappa shape index (κ2) is 4.80. The number of carbonyl (C=O) groups excluding carboxylic acids is 1. The molecular formula is C14H17NO3. The fourth-order valence-corrected chi connectivity index (χ4v) is 2.68. The number of nitrogens with one attached hydrogen (secondary N) is 1. The molecule has 1 amide bonds. The first kappa shape index (κ1) is 12.6. The van der Waals surface area contributed by atoms with Crippen molar-refractivity contribution in [1.82, 2.24) is 0 Å². The van der Waals surface area contributed by atoms with Crippen LogP contribution in [0, 0.1) is 0 Å². The number of carboxylic acid groups (broad SMARTS) is 1. The molecule has 0 radical (unpaired) electrons. The number of benzene rings is 1. The summed E-state index contributed by atoms with van der Waals surface area (Å²) in [6, 6.07) is 7.15. The topological polar surface area (TPSA) is 66.4 Å². The number of amides is 1. The van der Waals surface area contributed by atoms with E-state index in [0.717, 1.165) is 18.4 Å². The van der Waals surface area contributed by atoms with Gasteiger partial charge in [0.15, 0.2) is 0 Å². The molecule has 96 valence electrons. The number of rotatable bonds is 3. The van der Waals surface area contributed by atoms with Crippen molar-refractivity contribution in [2.24, 2.45) is 0 Å². The lowest BCUT2D eigenvalue weighted by Gasteiger charge is -2.24. The Labute approximate surface area is 106 Å². The third-order valence-electron chi connectivity index (χ3n) is 3.62. The maximum Gasteiger partial charge on any atom is 0.314 e. The highest BCUT2D eigenvalue weighted by Crippen LogP contribution is 2.41. The third-order valence-corrected chi connectivity index (χ3v) is 3.62. The highest BCUT2D eigenvalue weighted by atomic mass is 16.4.